The Morgan fingerprint density at radius 1 is 1.18 bits per heavy atom. The van der Waals surface area contributed by atoms with E-state index in [1.807, 2.05) is 43.3 Å². The van der Waals surface area contributed by atoms with E-state index in [9.17, 15) is 4.79 Å². The first-order chi connectivity index (χ1) is 10.6. The zero-order chi connectivity index (χ0) is 15.9. The molecule has 1 aromatic carbocycles. The van der Waals surface area contributed by atoms with Crippen LogP contribution in [0.2, 0.25) is 0 Å². The van der Waals surface area contributed by atoms with E-state index in [1.165, 1.54) is 0 Å². The maximum atomic E-state index is 10.6. The Kier molecular flexibility index (Phi) is 5.53. The first-order valence-corrected chi connectivity index (χ1v) is 7.51. The van der Waals surface area contributed by atoms with Crippen LogP contribution in [0.1, 0.15) is 31.0 Å². The molecular weight excluding hydrogens is 278 g/mol. The van der Waals surface area contributed by atoms with Gasteiger partial charge in [0.15, 0.2) is 0 Å². The molecular formula is C18H21NO3. The summed E-state index contributed by atoms with van der Waals surface area (Å²) in [5, 5.41) is 8.75. The lowest BCUT2D eigenvalue weighted by atomic mass is 10.1. The topological polar surface area (TPSA) is 59.4 Å². The highest BCUT2D eigenvalue weighted by Crippen LogP contribution is 2.22. The monoisotopic (exact) mass is 299 g/mol. The van der Waals surface area contributed by atoms with Gasteiger partial charge in [-0.1, -0.05) is 13.0 Å². The van der Waals surface area contributed by atoms with Crippen molar-refractivity contribution in [2.45, 2.75) is 33.1 Å². The second kappa shape index (κ2) is 7.59. The van der Waals surface area contributed by atoms with E-state index in [4.69, 9.17) is 9.84 Å². The molecule has 2 rings (SSSR count). The van der Waals surface area contributed by atoms with Crippen LogP contribution in [0.15, 0.2) is 36.4 Å². The number of pyridine rings is 1. The van der Waals surface area contributed by atoms with Crippen LogP contribution in [-0.4, -0.2) is 22.7 Å². The minimum atomic E-state index is -0.786. The number of ether oxygens (including phenoxy) is 1. The first-order valence-electron chi connectivity index (χ1n) is 7.51. The third kappa shape index (κ3) is 4.32. The third-order valence-corrected chi connectivity index (χ3v) is 3.43. The minimum absolute atomic E-state index is 0.130. The Hall–Kier alpha value is -2.36. The fraction of sp³-hybridized carbons (Fsp3) is 0.333. The van der Waals surface area contributed by atoms with E-state index in [2.05, 4.69) is 11.9 Å². The Labute approximate surface area is 130 Å². The second-order valence-corrected chi connectivity index (χ2v) is 5.21. The van der Waals surface area contributed by atoms with Crippen LogP contribution in [0.5, 0.6) is 5.75 Å². The molecule has 0 saturated heterocycles. The molecule has 0 saturated carbocycles. The summed E-state index contributed by atoms with van der Waals surface area (Å²) < 4.78 is 5.57. The number of hydrogen-bond acceptors (Lipinski definition) is 3. The highest BCUT2D eigenvalue weighted by Gasteiger charge is 2.06. The first kappa shape index (κ1) is 16.0. The predicted octanol–water partition coefficient (Wildman–Crippen LogP) is 3.86. The zero-order valence-electron chi connectivity index (χ0n) is 13.0. The number of aryl methyl sites for hydroxylation is 2. The number of carboxylic acids is 1. The standard InChI is InChI=1S/C18H21NO3/c1-3-12-22-16-8-4-15(5-9-16)17-10-6-14(13(2)19-17)7-11-18(20)21/h4-6,8-10H,3,7,11-12H2,1-2H3,(H,20,21). The Bertz CT molecular complexity index is 635. The molecule has 2 aromatic rings. The number of rotatable bonds is 7. The summed E-state index contributed by atoms with van der Waals surface area (Å²) in [6, 6.07) is 11.8. The van der Waals surface area contributed by atoms with Crippen LogP contribution in [0, 0.1) is 6.92 Å². The van der Waals surface area contributed by atoms with Gasteiger partial charge < -0.3 is 9.84 Å². The number of aliphatic carboxylic acids is 1. The van der Waals surface area contributed by atoms with E-state index in [1.54, 1.807) is 0 Å². The van der Waals surface area contributed by atoms with Gasteiger partial charge in [0.1, 0.15) is 5.75 Å². The molecule has 0 fully saturated rings. The molecule has 0 unspecified atom stereocenters. The molecule has 0 aliphatic carbocycles. The smallest absolute Gasteiger partial charge is 0.303 e. The molecule has 0 aliphatic heterocycles. The molecule has 22 heavy (non-hydrogen) atoms. The molecule has 0 amide bonds. The van der Waals surface area contributed by atoms with Crippen molar-refractivity contribution in [2.75, 3.05) is 6.61 Å². The van der Waals surface area contributed by atoms with Gasteiger partial charge in [0.2, 0.25) is 0 Å². The number of aromatic nitrogens is 1. The van der Waals surface area contributed by atoms with Crippen molar-refractivity contribution in [1.82, 2.24) is 4.98 Å². The average Bonchev–Trinajstić information content (AvgIpc) is 2.52. The van der Waals surface area contributed by atoms with Gasteiger partial charge in [-0.15, -0.1) is 0 Å². The normalized spacial score (nSPS) is 10.5. The van der Waals surface area contributed by atoms with Gasteiger partial charge in [-0.2, -0.15) is 0 Å². The summed E-state index contributed by atoms with van der Waals surface area (Å²) in [5.74, 6) is 0.0755. The molecule has 0 bridgehead atoms. The van der Waals surface area contributed by atoms with Gasteiger partial charge in [0.05, 0.1) is 12.3 Å². The van der Waals surface area contributed by atoms with E-state index in [0.29, 0.717) is 6.42 Å². The third-order valence-electron chi connectivity index (χ3n) is 3.43. The van der Waals surface area contributed by atoms with Crippen LogP contribution in [0.4, 0.5) is 0 Å². The molecule has 116 valence electrons. The number of hydrogen-bond donors (Lipinski definition) is 1. The number of carbonyl (C=O) groups is 1. The molecule has 4 heteroatoms. The van der Waals surface area contributed by atoms with Gasteiger partial charge in [-0.3, -0.25) is 9.78 Å². The van der Waals surface area contributed by atoms with Gasteiger partial charge in [-0.05, 0) is 55.7 Å². The Morgan fingerprint density at radius 3 is 2.50 bits per heavy atom. The summed E-state index contributed by atoms with van der Waals surface area (Å²) >= 11 is 0. The Morgan fingerprint density at radius 2 is 1.91 bits per heavy atom. The van der Waals surface area contributed by atoms with Crippen molar-refractivity contribution in [3.63, 3.8) is 0 Å². The quantitative estimate of drug-likeness (QED) is 0.843. The van der Waals surface area contributed by atoms with Gasteiger partial charge >= 0.3 is 5.97 Å². The van der Waals surface area contributed by atoms with E-state index in [0.717, 1.165) is 41.3 Å². The fourth-order valence-corrected chi connectivity index (χ4v) is 2.20. The fourth-order valence-electron chi connectivity index (χ4n) is 2.20. The van der Waals surface area contributed by atoms with Crippen molar-refractivity contribution < 1.29 is 14.6 Å². The van der Waals surface area contributed by atoms with Crippen molar-refractivity contribution in [3.05, 3.63) is 47.7 Å². The molecule has 0 atom stereocenters. The summed E-state index contributed by atoms with van der Waals surface area (Å²) in [5.41, 5.74) is 3.77. The van der Waals surface area contributed by atoms with Crippen LogP contribution >= 0.6 is 0 Å². The van der Waals surface area contributed by atoms with Gasteiger partial charge in [0, 0.05) is 17.7 Å². The van der Waals surface area contributed by atoms with E-state index < -0.39 is 5.97 Å². The van der Waals surface area contributed by atoms with Crippen LogP contribution < -0.4 is 4.74 Å². The molecule has 1 heterocycles. The largest absolute Gasteiger partial charge is 0.494 e. The van der Waals surface area contributed by atoms with Crippen LogP contribution in [-0.2, 0) is 11.2 Å². The zero-order valence-corrected chi connectivity index (χ0v) is 13.0. The molecule has 4 nitrogen and oxygen atoms in total. The molecule has 1 aromatic heterocycles. The molecule has 0 spiro atoms. The average molecular weight is 299 g/mol. The minimum Gasteiger partial charge on any atom is -0.494 e. The molecule has 0 radical (unpaired) electrons. The lowest BCUT2D eigenvalue weighted by Crippen LogP contribution is -2.01. The summed E-state index contributed by atoms with van der Waals surface area (Å²) in [6.07, 6.45) is 1.63. The lowest BCUT2D eigenvalue weighted by Gasteiger charge is -2.08. The van der Waals surface area contributed by atoms with Crippen LogP contribution in [0.25, 0.3) is 11.3 Å². The number of nitrogens with zero attached hydrogens (tertiary/aromatic N) is 1. The van der Waals surface area contributed by atoms with Gasteiger partial charge in [0.25, 0.3) is 0 Å². The van der Waals surface area contributed by atoms with Crippen LogP contribution in [0.3, 0.4) is 0 Å². The van der Waals surface area contributed by atoms with Crippen molar-refractivity contribution in [2.24, 2.45) is 0 Å². The predicted molar refractivity (Wildman–Crippen MR) is 86.2 cm³/mol. The number of carboxylic acid groups (broad SMARTS) is 1. The summed E-state index contributed by atoms with van der Waals surface area (Å²) in [7, 11) is 0. The van der Waals surface area contributed by atoms with Crippen molar-refractivity contribution in [3.8, 4) is 17.0 Å². The SMILES string of the molecule is CCCOc1ccc(-c2ccc(CCC(=O)O)c(C)n2)cc1. The second-order valence-electron chi connectivity index (χ2n) is 5.21. The lowest BCUT2D eigenvalue weighted by molar-refractivity contribution is -0.136. The summed E-state index contributed by atoms with van der Waals surface area (Å²) in [6.45, 7) is 4.71. The van der Waals surface area contributed by atoms with Crippen molar-refractivity contribution in [1.29, 1.82) is 0 Å². The molecule has 0 aliphatic rings. The van der Waals surface area contributed by atoms with Gasteiger partial charge in [-0.25, -0.2) is 0 Å². The number of benzene rings is 1. The maximum absolute atomic E-state index is 10.6. The summed E-state index contributed by atoms with van der Waals surface area (Å²) in [4.78, 5) is 15.2. The maximum Gasteiger partial charge on any atom is 0.303 e. The van der Waals surface area contributed by atoms with E-state index >= 15 is 0 Å². The highest BCUT2D eigenvalue weighted by atomic mass is 16.5. The highest BCUT2D eigenvalue weighted by molar-refractivity contribution is 5.67. The molecule has 1 N–H and O–H groups in total. The Balaban J connectivity index is 2.12. The van der Waals surface area contributed by atoms with E-state index in [-0.39, 0.29) is 6.42 Å². The van der Waals surface area contributed by atoms with Crippen molar-refractivity contribution >= 4 is 5.97 Å².